The predicted molar refractivity (Wildman–Crippen MR) is 113 cm³/mol. The molecule has 0 aliphatic carbocycles. The first-order chi connectivity index (χ1) is 14.1. The molecule has 150 valence electrons. The SMILES string of the molecule is O=C1OCc2ccccc2N1C1CCN(S(=O)(=O)c2csc3ccccc23)CC1. The van der Waals surface area contributed by atoms with Crippen molar-refractivity contribution in [1.82, 2.24) is 4.31 Å². The van der Waals surface area contributed by atoms with Crippen LogP contribution in [0.3, 0.4) is 0 Å². The van der Waals surface area contributed by atoms with Crippen molar-refractivity contribution in [3.05, 3.63) is 59.5 Å². The van der Waals surface area contributed by atoms with Crippen LogP contribution in [0.2, 0.25) is 0 Å². The average Bonchev–Trinajstić information content (AvgIpc) is 3.19. The molecule has 0 N–H and O–H groups in total. The first kappa shape index (κ1) is 18.6. The van der Waals surface area contributed by atoms with E-state index in [4.69, 9.17) is 4.74 Å². The highest BCUT2D eigenvalue weighted by Crippen LogP contribution is 2.35. The minimum absolute atomic E-state index is 0.0744. The number of nitrogens with zero attached hydrogens (tertiary/aromatic N) is 2. The molecule has 2 aromatic carbocycles. The van der Waals surface area contributed by atoms with Crippen LogP contribution < -0.4 is 4.90 Å². The summed E-state index contributed by atoms with van der Waals surface area (Å²) in [7, 11) is -3.56. The summed E-state index contributed by atoms with van der Waals surface area (Å²) in [6, 6.07) is 15.2. The van der Waals surface area contributed by atoms with Gasteiger partial charge >= 0.3 is 6.09 Å². The molecule has 1 saturated heterocycles. The Morgan fingerprint density at radius 1 is 1.00 bits per heavy atom. The summed E-state index contributed by atoms with van der Waals surface area (Å²) in [5.74, 6) is 0. The third-order valence-electron chi connectivity index (χ3n) is 5.65. The van der Waals surface area contributed by atoms with Gasteiger partial charge in [0.15, 0.2) is 0 Å². The number of para-hydroxylation sites is 1. The minimum Gasteiger partial charge on any atom is -0.444 e. The fourth-order valence-electron chi connectivity index (χ4n) is 4.15. The summed E-state index contributed by atoms with van der Waals surface area (Å²) in [4.78, 5) is 14.5. The average molecular weight is 429 g/mol. The van der Waals surface area contributed by atoms with Crippen LogP contribution in [0.15, 0.2) is 58.8 Å². The number of fused-ring (bicyclic) bond motifs is 2. The Hall–Kier alpha value is -2.42. The van der Waals surface area contributed by atoms with Gasteiger partial charge in [0.2, 0.25) is 10.0 Å². The molecular formula is C21H20N2O4S2. The fraction of sp³-hybridized carbons (Fsp3) is 0.286. The first-order valence-corrected chi connectivity index (χ1v) is 11.9. The molecule has 2 aliphatic rings. The molecule has 29 heavy (non-hydrogen) atoms. The second kappa shape index (κ2) is 7.12. The summed E-state index contributed by atoms with van der Waals surface area (Å²) >= 11 is 1.45. The second-order valence-corrected chi connectivity index (χ2v) is 10.1. The molecule has 3 heterocycles. The predicted octanol–water partition coefficient (Wildman–Crippen LogP) is 4.21. The lowest BCUT2D eigenvalue weighted by atomic mass is 10.0. The van der Waals surface area contributed by atoms with E-state index in [1.54, 1.807) is 14.6 Å². The highest BCUT2D eigenvalue weighted by atomic mass is 32.2. The summed E-state index contributed by atoms with van der Waals surface area (Å²) in [6.07, 6.45) is 0.795. The maximum atomic E-state index is 13.2. The number of hydrogen-bond acceptors (Lipinski definition) is 5. The fourth-order valence-corrected chi connectivity index (χ4v) is 7.10. The smallest absolute Gasteiger partial charge is 0.414 e. The van der Waals surface area contributed by atoms with E-state index in [2.05, 4.69) is 0 Å². The van der Waals surface area contributed by atoms with E-state index in [1.807, 2.05) is 48.5 Å². The van der Waals surface area contributed by atoms with Crippen LogP contribution in [0.25, 0.3) is 10.1 Å². The quantitative estimate of drug-likeness (QED) is 0.627. The molecule has 0 radical (unpaired) electrons. The molecule has 0 saturated carbocycles. The number of cyclic esters (lactones) is 1. The van der Waals surface area contributed by atoms with Crippen molar-refractivity contribution in [1.29, 1.82) is 0 Å². The van der Waals surface area contributed by atoms with Crippen molar-refractivity contribution in [2.75, 3.05) is 18.0 Å². The number of carbonyl (C=O) groups excluding carboxylic acids is 1. The van der Waals surface area contributed by atoms with Gasteiger partial charge in [0, 0.05) is 40.2 Å². The Bertz CT molecular complexity index is 1180. The van der Waals surface area contributed by atoms with Gasteiger partial charge in [-0.2, -0.15) is 4.31 Å². The van der Waals surface area contributed by atoms with E-state index in [9.17, 15) is 13.2 Å². The highest BCUT2D eigenvalue weighted by molar-refractivity contribution is 7.89. The number of ether oxygens (including phenoxy) is 1. The maximum absolute atomic E-state index is 13.2. The molecule has 0 spiro atoms. The Morgan fingerprint density at radius 3 is 2.55 bits per heavy atom. The zero-order chi connectivity index (χ0) is 20.0. The molecule has 1 aromatic heterocycles. The van der Waals surface area contributed by atoms with Crippen molar-refractivity contribution < 1.29 is 17.9 Å². The molecule has 6 nitrogen and oxygen atoms in total. The molecular weight excluding hydrogens is 408 g/mol. The number of benzene rings is 2. The van der Waals surface area contributed by atoms with Gasteiger partial charge in [-0.05, 0) is 25.0 Å². The van der Waals surface area contributed by atoms with E-state index < -0.39 is 10.0 Å². The van der Waals surface area contributed by atoms with E-state index >= 15 is 0 Å². The topological polar surface area (TPSA) is 66.9 Å². The lowest BCUT2D eigenvalue weighted by molar-refractivity contribution is 0.136. The van der Waals surface area contributed by atoms with Gasteiger partial charge in [-0.3, -0.25) is 4.90 Å². The van der Waals surface area contributed by atoms with Gasteiger partial charge in [0.1, 0.15) is 11.5 Å². The molecule has 0 atom stereocenters. The highest BCUT2D eigenvalue weighted by Gasteiger charge is 2.37. The van der Waals surface area contributed by atoms with Crippen molar-refractivity contribution in [3.8, 4) is 0 Å². The third kappa shape index (κ3) is 3.11. The van der Waals surface area contributed by atoms with Crippen LogP contribution in [0.4, 0.5) is 10.5 Å². The Balaban J connectivity index is 1.37. The van der Waals surface area contributed by atoms with Crippen LogP contribution in [-0.2, 0) is 21.4 Å². The lowest BCUT2D eigenvalue weighted by Gasteiger charge is -2.39. The minimum atomic E-state index is -3.56. The molecule has 0 bridgehead atoms. The molecule has 3 aromatic rings. The number of anilines is 1. The van der Waals surface area contributed by atoms with Gasteiger partial charge in [-0.15, -0.1) is 11.3 Å². The summed E-state index contributed by atoms with van der Waals surface area (Å²) in [5, 5.41) is 2.50. The normalized spacial score (nSPS) is 18.6. The largest absolute Gasteiger partial charge is 0.444 e. The first-order valence-electron chi connectivity index (χ1n) is 9.56. The van der Waals surface area contributed by atoms with Crippen LogP contribution >= 0.6 is 11.3 Å². The molecule has 2 aliphatic heterocycles. The zero-order valence-electron chi connectivity index (χ0n) is 15.7. The van der Waals surface area contributed by atoms with Crippen LogP contribution in [0.5, 0.6) is 0 Å². The van der Waals surface area contributed by atoms with E-state index in [0.29, 0.717) is 30.8 Å². The number of sulfonamides is 1. The number of amides is 1. The standard InChI is InChI=1S/C21H20N2O4S2/c24-21-23(18-7-3-1-5-15(18)13-27-21)16-9-11-22(12-10-16)29(25,26)20-14-28-19-8-4-2-6-17(19)20/h1-8,14,16H,9-13H2. The van der Waals surface area contributed by atoms with Gasteiger partial charge in [0.25, 0.3) is 0 Å². The Morgan fingerprint density at radius 2 is 1.72 bits per heavy atom. The summed E-state index contributed by atoms with van der Waals surface area (Å²) < 4.78 is 34.3. The summed E-state index contributed by atoms with van der Waals surface area (Å²) in [5.41, 5.74) is 1.85. The monoisotopic (exact) mass is 428 g/mol. The van der Waals surface area contributed by atoms with Crippen molar-refractivity contribution in [2.45, 2.75) is 30.4 Å². The number of thiophene rings is 1. The Labute approximate surface area is 173 Å². The number of carbonyl (C=O) groups is 1. The van der Waals surface area contributed by atoms with Crippen molar-refractivity contribution >= 4 is 43.2 Å². The van der Waals surface area contributed by atoms with Gasteiger partial charge in [-0.25, -0.2) is 13.2 Å². The van der Waals surface area contributed by atoms with Crippen LogP contribution in [-0.4, -0.2) is 37.9 Å². The van der Waals surface area contributed by atoms with Gasteiger partial charge in [0.05, 0.1) is 5.69 Å². The second-order valence-electron chi connectivity index (χ2n) is 7.28. The van der Waals surface area contributed by atoms with Crippen molar-refractivity contribution in [3.63, 3.8) is 0 Å². The molecule has 0 unspecified atom stereocenters. The number of piperidine rings is 1. The number of hydrogen-bond donors (Lipinski definition) is 0. The van der Waals surface area contributed by atoms with E-state index in [-0.39, 0.29) is 18.7 Å². The van der Waals surface area contributed by atoms with Gasteiger partial charge < -0.3 is 4.74 Å². The molecule has 1 amide bonds. The zero-order valence-corrected chi connectivity index (χ0v) is 17.3. The molecule has 1 fully saturated rings. The van der Waals surface area contributed by atoms with E-state index in [0.717, 1.165) is 21.3 Å². The lowest BCUT2D eigenvalue weighted by Crippen LogP contribution is -2.50. The van der Waals surface area contributed by atoms with E-state index in [1.165, 1.54) is 11.3 Å². The Kier molecular flexibility index (Phi) is 4.57. The number of rotatable bonds is 3. The summed E-state index contributed by atoms with van der Waals surface area (Å²) in [6.45, 7) is 1.04. The van der Waals surface area contributed by atoms with Crippen LogP contribution in [0, 0.1) is 0 Å². The maximum Gasteiger partial charge on any atom is 0.414 e. The molecule has 5 rings (SSSR count). The van der Waals surface area contributed by atoms with Crippen molar-refractivity contribution in [2.24, 2.45) is 0 Å². The molecule has 8 heteroatoms. The van der Waals surface area contributed by atoms with Crippen LogP contribution in [0.1, 0.15) is 18.4 Å². The third-order valence-corrected chi connectivity index (χ3v) is 8.70. The van der Waals surface area contributed by atoms with Gasteiger partial charge in [-0.1, -0.05) is 36.4 Å².